The van der Waals surface area contributed by atoms with Crippen molar-refractivity contribution in [3.63, 3.8) is 0 Å². The van der Waals surface area contributed by atoms with Crippen LogP contribution in [0.4, 0.5) is 0 Å². The third kappa shape index (κ3) is 4.11. The summed E-state index contributed by atoms with van der Waals surface area (Å²) in [6, 6.07) is 20.1. The van der Waals surface area contributed by atoms with Gasteiger partial charge in [-0.3, -0.25) is 0 Å². The number of hydrogen-bond donors (Lipinski definition) is 4. The van der Waals surface area contributed by atoms with Crippen LogP contribution in [-0.2, 0) is 6.42 Å². The Hall–Kier alpha value is -3.48. The summed E-state index contributed by atoms with van der Waals surface area (Å²) in [7, 11) is 0. The van der Waals surface area contributed by atoms with Gasteiger partial charge in [-0.05, 0) is 84.9 Å². The second-order valence-corrected chi connectivity index (χ2v) is 9.27. The minimum absolute atomic E-state index is 0.350. The maximum atomic E-state index is 5.60. The topological polar surface area (TPSA) is 95.4 Å². The summed E-state index contributed by atoms with van der Waals surface area (Å²) in [6.45, 7) is 1.80. The van der Waals surface area contributed by atoms with Crippen molar-refractivity contribution in [2.45, 2.75) is 38.1 Å². The maximum Gasteiger partial charge on any atom is 0.124 e. The lowest BCUT2D eigenvalue weighted by Crippen LogP contribution is -2.13. The van der Waals surface area contributed by atoms with Crippen LogP contribution in [0, 0.1) is 0 Å². The normalized spacial score (nSPS) is 16.1. The van der Waals surface area contributed by atoms with Crippen molar-refractivity contribution in [1.29, 1.82) is 0 Å². The molecule has 0 aliphatic carbocycles. The fraction of sp³-hybridized carbons (Fsp3) is 0.286. The number of unbranched alkanes of at least 4 members (excludes halogenated alkanes) is 1. The van der Waals surface area contributed by atoms with Crippen molar-refractivity contribution in [1.82, 2.24) is 25.3 Å². The summed E-state index contributed by atoms with van der Waals surface area (Å²) in [5.41, 5.74) is 12.3. The lowest BCUT2D eigenvalue weighted by molar-refractivity contribution is 0.614. The molecule has 5 aromatic rings. The number of nitrogens with one attached hydrogen (secondary N) is 3. The van der Waals surface area contributed by atoms with Gasteiger partial charge in [-0.15, -0.1) is 0 Å². The summed E-state index contributed by atoms with van der Waals surface area (Å²) in [5.74, 6) is 2.08. The second-order valence-electron chi connectivity index (χ2n) is 9.27. The van der Waals surface area contributed by atoms with Gasteiger partial charge in [0, 0.05) is 12.0 Å². The molecule has 1 aliphatic heterocycles. The summed E-state index contributed by atoms with van der Waals surface area (Å²) >= 11 is 0. The molecule has 6 heteroatoms. The molecular formula is C28H30N6. The van der Waals surface area contributed by atoms with E-state index in [1.807, 2.05) is 6.20 Å². The molecule has 0 bridgehead atoms. The molecule has 5 N–H and O–H groups in total. The Morgan fingerprint density at radius 1 is 0.882 bits per heavy atom. The zero-order valence-corrected chi connectivity index (χ0v) is 19.3. The Labute approximate surface area is 199 Å². The summed E-state index contributed by atoms with van der Waals surface area (Å²) in [6.07, 6.45) is 7.32. The van der Waals surface area contributed by atoms with Crippen LogP contribution in [0.2, 0.25) is 0 Å². The van der Waals surface area contributed by atoms with Crippen molar-refractivity contribution in [3.8, 4) is 22.4 Å². The molecule has 34 heavy (non-hydrogen) atoms. The smallest absolute Gasteiger partial charge is 0.124 e. The zero-order valence-electron chi connectivity index (χ0n) is 19.3. The van der Waals surface area contributed by atoms with Crippen LogP contribution in [0.25, 0.3) is 44.2 Å². The number of imidazole rings is 2. The van der Waals surface area contributed by atoms with Crippen LogP contribution in [0.3, 0.4) is 0 Å². The number of benzene rings is 3. The van der Waals surface area contributed by atoms with E-state index >= 15 is 0 Å². The van der Waals surface area contributed by atoms with Gasteiger partial charge >= 0.3 is 0 Å². The Morgan fingerprint density at radius 2 is 1.68 bits per heavy atom. The number of aromatic amines is 2. The highest BCUT2D eigenvalue weighted by molar-refractivity contribution is 5.91. The second kappa shape index (κ2) is 9.05. The quantitative estimate of drug-likeness (QED) is 0.247. The first-order valence-corrected chi connectivity index (χ1v) is 12.3. The molecular weight excluding hydrogens is 420 g/mol. The van der Waals surface area contributed by atoms with E-state index in [1.165, 1.54) is 28.3 Å². The molecule has 6 rings (SSSR count). The molecule has 3 heterocycles. The van der Waals surface area contributed by atoms with Crippen LogP contribution in [0.5, 0.6) is 0 Å². The average molecular weight is 451 g/mol. The Morgan fingerprint density at radius 3 is 2.50 bits per heavy atom. The lowest BCUT2D eigenvalue weighted by atomic mass is 9.99. The third-order valence-electron chi connectivity index (χ3n) is 6.87. The molecule has 172 valence electrons. The fourth-order valence-electron chi connectivity index (χ4n) is 4.96. The minimum atomic E-state index is 0.350. The first kappa shape index (κ1) is 21.1. The van der Waals surface area contributed by atoms with E-state index in [1.54, 1.807) is 0 Å². The molecule has 1 atom stereocenters. The average Bonchev–Trinajstić information content (AvgIpc) is 3.64. The van der Waals surface area contributed by atoms with Gasteiger partial charge < -0.3 is 21.0 Å². The van der Waals surface area contributed by atoms with Crippen molar-refractivity contribution in [2.75, 3.05) is 13.1 Å². The largest absolute Gasteiger partial charge is 0.342 e. The van der Waals surface area contributed by atoms with Gasteiger partial charge in [-0.1, -0.05) is 30.3 Å². The van der Waals surface area contributed by atoms with Crippen LogP contribution >= 0.6 is 0 Å². The van der Waals surface area contributed by atoms with Crippen molar-refractivity contribution in [2.24, 2.45) is 5.73 Å². The summed E-state index contributed by atoms with van der Waals surface area (Å²) in [4.78, 5) is 16.4. The molecule has 0 radical (unpaired) electrons. The molecule has 1 aliphatic rings. The first-order chi connectivity index (χ1) is 16.8. The van der Waals surface area contributed by atoms with E-state index in [0.29, 0.717) is 6.04 Å². The monoisotopic (exact) mass is 450 g/mol. The van der Waals surface area contributed by atoms with Gasteiger partial charge in [0.15, 0.2) is 0 Å². The molecule has 1 saturated heterocycles. The number of nitrogens with two attached hydrogens (primary N) is 1. The first-order valence-electron chi connectivity index (χ1n) is 12.3. The van der Waals surface area contributed by atoms with Crippen LogP contribution < -0.4 is 11.1 Å². The molecule has 3 aromatic carbocycles. The Balaban J connectivity index is 1.26. The lowest BCUT2D eigenvalue weighted by Gasteiger charge is -2.06. The molecule has 1 unspecified atom stereocenters. The number of rotatable bonds is 7. The predicted octanol–water partition coefficient (Wildman–Crippen LogP) is 5.48. The zero-order chi connectivity index (χ0) is 22.9. The summed E-state index contributed by atoms with van der Waals surface area (Å²) in [5, 5.41) is 5.97. The third-order valence-corrected chi connectivity index (χ3v) is 6.87. The van der Waals surface area contributed by atoms with E-state index in [2.05, 4.69) is 74.9 Å². The molecule has 6 nitrogen and oxygen atoms in total. The fourth-order valence-corrected chi connectivity index (χ4v) is 4.96. The van der Waals surface area contributed by atoms with Gasteiger partial charge in [0.05, 0.1) is 29.0 Å². The minimum Gasteiger partial charge on any atom is -0.342 e. The molecule has 2 aromatic heterocycles. The maximum absolute atomic E-state index is 5.60. The molecule has 0 saturated carbocycles. The number of fused-ring (bicyclic) bond motifs is 2. The number of H-pyrrole nitrogens is 2. The molecule has 0 spiro atoms. The van der Waals surface area contributed by atoms with Gasteiger partial charge in [0.1, 0.15) is 11.6 Å². The SMILES string of the molecule is NCCCCc1ncc(-c2ccc3cc(-c4ccc5nc(C6CCCN6)[nH]c5c4)ccc3c2)[nH]1. The number of nitrogens with zero attached hydrogens (tertiary/aromatic N) is 2. The number of aryl methyl sites for hydroxylation is 1. The standard InChI is InChI=1S/C28H30N6/c29-12-2-1-5-27-31-17-26(32-27)22-9-8-18-14-19(6-7-20(18)15-22)21-10-11-23-25(16-21)34-28(33-23)24-4-3-13-30-24/h6-11,14-17,24,30H,1-5,12-13,29H2,(H,31,32)(H,33,34). The number of aromatic nitrogens is 4. The van der Waals surface area contributed by atoms with E-state index in [-0.39, 0.29) is 0 Å². The highest BCUT2D eigenvalue weighted by atomic mass is 15.0. The van der Waals surface area contributed by atoms with Gasteiger partial charge in [0.25, 0.3) is 0 Å². The van der Waals surface area contributed by atoms with E-state index in [0.717, 1.165) is 72.7 Å². The van der Waals surface area contributed by atoms with Crippen molar-refractivity contribution >= 4 is 21.8 Å². The van der Waals surface area contributed by atoms with Gasteiger partial charge in [0.2, 0.25) is 0 Å². The van der Waals surface area contributed by atoms with Gasteiger partial charge in [-0.2, -0.15) is 0 Å². The molecule has 0 amide bonds. The van der Waals surface area contributed by atoms with Crippen LogP contribution in [0.1, 0.15) is 43.4 Å². The Bertz CT molecular complexity index is 1440. The highest BCUT2D eigenvalue weighted by Crippen LogP contribution is 2.30. The highest BCUT2D eigenvalue weighted by Gasteiger charge is 2.19. The van der Waals surface area contributed by atoms with Gasteiger partial charge in [-0.25, -0.2) is 9.97 Å². The van der Waals surface area contributed by atoms with E-state index in [9.17, 15) is 0 Å². The van der Waals surface area contributed by atoms with Crippen molar-refractivity contribution in [3.05, 3.63) is 72.4 Å². The van der Waals surface area contributed by atoms with E-state index in [4.69, 9.17) is 10.7 Å². The Kier molecular flexibility index (Phi) is 5.61. The number of hydrogen-bond acceptors (Lipinski definition) is 4. The predicted molar refractivity (Wildman–Crippen MR) is 139 cm³/mol. The van der Waals surface area contributed by atoms with Crippen LogP contribution in [0.15, 0.2) is 60.8 Å². The van der Waals surface area contributed by atoms with Crippen molar-refractivity contribution < 1.29 is 0 Å². The molecule has 1 fully saturated rings. The van der Waals surface area contributed by atoms with Crippen LogP contribution in [-0.4, -0.2) is 33.0 Å². The summed E-state index contributed by atoms with van der Waals surface area (Å²) < 4.78 is 0. The van der Waals surface area contributed by atoms with E-state index < -0.39 is 0 Å².